The van der Waals surface area contributed by atoms with Gasteiger partial charge in [0.15, 0.2) is 5.69 Å². The lowest BCUT2D eigenvalue weighted by molar-refractivity contribution is -0.141. The molecule has 1 saturated heterocycles. The summed E-state index contributed by atoms with van der Waals surface area (Å²) in [4.78, 5) is 25.1. The van der Waals surface area contributed by atoms with Crippen LogP contribution >= 0.6 is 0 Å². The summed E-state index contributed by atoms with van der Waals surface area (Å²) in [5.41, 5.74) is 3.44. The lowest BCUT2D eigenvalue weighted by atomic mass is 9.98. The molecule has 3 rings (SSSR count). The predicted molar refractivity (Wildman–Crippen MR) is 87.0 cm³/mol. The third kappa shape index (κ3) is 3.94. The van der Waals surface area contributed by atoms with Crippen LogP contribution in [0.1, 0.15) is 41.7 Å². The number of aryl methyl sites for hydroxylation is 1. The van der Waals surface area contributed by atoms with Crippen LogP contribution in [0.4, 0.5) is 19.1 Å². The predicted octanol–water partition coefficient (Wildman–Crippen LogP) is 2.36. The van der Waals surface area contributed by atoms with Gasteiger partial charge in [-0.15, -0.1) is 0 Å². The van der Waals surface area contributed by atoms with Crippen molar-refractivity contribution in [3.05, 3.63) is 36.2 Å². The van der Waals surface area contributed by atoms with Crippen molar-refractivity contribution in [2.24, 2.45) is 0 Å². The van der Waals surface area contributed by atoms with Crippen LogP contribution in [0.5, 0.6) is 0 Å². The van der Waals surface area contributed by atoms with E-state index in [0.717, 1.165) is 25.5 Å². The van der Waals surface area contributed by atoms with Gasteiger partial charge in [0, 0.05) is 37.7 Å². The van der Waals surface area contributed by atoms with Crippen LogP contribution in [0.25, 0.3) is 0 Å². The standard InChI is InChI=1S/C16H19F3N6O/c17-16(18,19)13-12(9-22-15(20)23-13)14(26)25-6-2-1-3-11(25)4-7-24-8-5-21-10-24/h5,8-11H,1-4,6-7H2,(H2,20,22,23). The van der Waals surface area contributed by atoms with Gasteiger partial charge in [0.2, 0.25) is 5.95 Å². The lowest BCUT2D eigenvalue weighted by Gasteiger charge is -2.36. The number of carbonyl (C=O) groups excluding carboxylic acids is 1. The van der Waals surface area contributed by atoms with E-state index in [1.54, 1.807) is 12.5 Å². The highest BCUT2D eigenvalue weighted by Crippen LogP contribution is 2.32. The molecule has 26 heavy (non-hydrogen) atoms. The van der Waals surface area contributed by atoms with E-state index in [9.17, 15) is 18.0 Å². The number of hydrogen-bond acceptors (Lipinski definition) is 5. The minimum absolute atomic E-state index is 0.141. The Hall–Kier alpha value is -2.65. The summed E-state index contributed by atoms with van der Waals surface area (Å²) in [5, 5.41) is 0. The molecule has 140 valence electrons. The van der Waals surface area contributed by atoms with Crippen LogP contribution in [0.3, 0.4) is 0 Å². The molecule has 1 unspecified atom stereocenters. The SMILES string of the molecule is Nc1ncc(C(=O)N2CCCCC2CCn2ccnc2)c(C(F)(F)F)n1. The van der Waals surface area contributed by atoms with Crippen molar-refractivity contribution in [1.82, 2.24) is 24.4 Å². The summed E-state index contributed by atoms with van der Waals surface area (Å²) < 4.78 is 41.7. The molecule has 0 aromatic carbocycles. The molecule has 2 aromatic rings. The molecule has 1 amide bonds. The molecule has 3 heterocycles. The van der Waals surface area contributed by atoms with Crippen molar-refractivity contribution in [2.45, 2.75) is 44.4 Å². The smallest absolute Gasteiger partial charge is 0.368 e. The number of carbonyl (C=O) groups is 1. The summed E-state index contributed by atoms with van der Waals surface area (Å²) >= 11 is 0. The fourth-order valence-corrected chi connectivity index (χ4v) is 3.21. The molecule has 2 N–H and O–H groups in total. The maximum Gasteiger partial charge on any atom is 0.434 e. The molecular weight excluding hydrogens is 349 g/mol. The van der Waals surface area contributed by atoms with E-state index in [2.05, 4.69) is 15.0 Å². The van der Waals surface area contributed by atoms with Crippen molar-refractivity contribution in [3.63, 3.8) is 0 Å². The van der Waals surface area contributed by atoms with E-state index in [0.29, 0.717) is 19.5 Å². The quantitative estimate of drug-likeness (QED) is 0.895. The Balaban J connectivity index is 1.82. The number of nitrogens with two attached hydrogens (primary N) is 1. The van der Waals surface area contributed by atoms with Gasteiger partial charge in [0.1, 0.15) is 0 Å². The molecular formula is C16H19F3N6O. The van der Waals surface area contributed by atoms with Gasteiger partial charge in [-0.1, -0.05) is 0 Å². The van der Waals surface area contributed by atoms with E-state index in [4.69, 9.17) is 5.73 Å². The average Bonchev–Trinajstić information content (AvgIpc) is 3.12. The molecule has 2 aromatic heterocycles. The van der Waals surface area contributed by atoms with E-state index in [1.165, 1.54) is 4.90 Å². The Morgan fingerprint density at radius 2 is 2.15 bits per heavy atom. The number of rotatable bonds is 4. The highest BCUT2D eigenvalue weighted by atomic mass is 19.4. The second-order valence-electron chi connectivity index (χ2n) is 6.23. The zero-order valence-electron chi connectivity index (χ0n) is 14.0. The molecule has 1 fully saturated rings. The van der Waals surface area contributed by atoms with Crippen LogP contribution in [0.2, 0.25) is 0 Å². The molecule has 1 aliphatic rings. The number of halogens is 3. The van der Waals surface area contributed by atoms with Crippen molar-refractivity contribution >= 4 is 11.9 Å². The second-order valence-corrected chi connectivity index (χ2v) is 6.23. The zero-order valence-corrected chi connectivity index (χ0v) is 14.0. The number of imidazole rings is 1. The van der Waals surface area contributed by atoms with Gasteiger partial charge in [-0.05, 0) is 25.7 Å². The third-order valence-corrected chi connectivity index (χ3v) is 4.47. The molecule has 1 aliphatic heterocycles. The van der Waals surface area contributed by atoms with Gasteiger partial charge in [-0.25, -0.2) is 15.0 Å². The van der Waals surface area contributed by atoms with Crippen molar-refractivity contribution in [2.75, 3.05) is 12.3 Å². The monoisotopic (exact) mass is 368 g/mol. The summed E-state index contributed by atoms with van der Waals surface area (Å²) in [6, 6.07) is -0.141. The Morgan fingerprint density at radius 3 is 2.85 bits per heavy atom. The highest BCUT2D eigenvalue weighted by Gasteiger charge is 2.40. The molecule has 0 saturated carbocycles. The number of aromatic nitrogens is 4. The average molecular weight is 368 g/mol. The van der Waals surface area contributed by atoms with Crippen LogP contribution in [-0.2, 0) is 12.7 Å². The number of piperidine rings is 1. The summed E-state index contributed by atoms with van der Waals surface area (Å²) in [5.74, 6) is -1.21. The first-order chi connectivity index (χ1) is 12.4. The first-order valence-electron chi connectivity index (χ1n) is 8.32. The van der Waals surface area contributed by atoms with E-state index >= 15 is 0 Å². The van der Waals surface area contributed by atoms with E-state index in [-0.39, 0.29) is 6.04 Å². The summed E-state index contributed by atoms with van der Waals surface area (Å²) in [6.45, 7) is 1.05. The van der Waals surface area contributed by atoms with Gasteiger partial charge in [0.05, 0.1) is 11.9 Å². The fourth-order valence-electron chi connectivity index (χ4n) is 3.21. The number of amides is 1. The van der Waals surface area contributed by atoms with Gasteiger partial charge in [0.25, 0.3) is 5.91 Å². The van der Waals surface area contributed by atoms with Crippen molar-refractivity contribution < 1.29 is 18.0 Å². The van der Waals surface area contributed by atoms with Gasteiger partial charge >= 0.3 is 6.18 Å². The number of alkyl halides is 3. The number of nitrogens with zero attached hydrogens (tertiary/aromatic N) is 5. The molecule has 0 spiro atoms. The first-order valence-corrected chi connectivity index (χ1v) is 8.32. The Bertz CT molecular complexity index is 762. The van der Waals surface area contributed by atoms with E-state index < -0.39 is 29.3 Å². The van der Waals surface area contributed by atoms with Crippen LogP contribution < -0.4 is 5.73 Å². The molecule has 1 atom stereocenters. The topological polar surface area (TPSA) is 89.9 Å². The molecule has 0 aliphatic carbocycles. The van der Waals surface area contributed by atoms with Gasteiger partial charge in [-0.3, -0.25) is 4.79 Å². The van der Waals surface area contributed by atoms with Crippen LogP contribution in [0, 0.1) is 0 Å². The molecule has 7 nitrogen and oxygen atoms in total. The van der Waals surface area contributed by atoms with Gasteiger partial charge < -0.3 is 15.2 Å². The maximum absolute atomic E-state index is 13.3. The number of hydrogen-bond donors (Lipinski definition) is 1. The normalized spacial score (nSPS) is 18.1. The molecule has 0 bridgehead atoms. The highest BCUT2D eigenvalue weighted by molar-refractivity contribution is 5.95. The second kappa shape index (κ2) is 7.30. The van der Waals surface area contributed by atoms with Crippen molar-refractivity contribution in [3.8, 4) is 0 Å². The summed E-state index contributed by atoms with van der Waals surface area (Å²) in [6.07, 6.45) is 4.31. The number of likely N-dealkylation sites (tertiary alicyclic amines) is 1. The van der Waals surface area contributed by atoms with Crippen LogP contribution in [0.15, 0.2) is 24.9 Å². The lowest BCUT2D eigenvalue weighted by Crippen LogP contribution is -2.45. The minimum atomic E-state index is -4.77. The van der Waals surface area contributed by atoms with E-state index in [1.807, 2.05) is 10.8 Å². The minimum Gasteiger partial charge on any atom is -0.368 e. The van der Waals surface area contributed by atoms with Gasteiger partial charge in [-0.2, -0.15) is 13.2 Å². The first kappa shape index (κ1) is 18.2. The zero-order chi connectivity index (χ0) is 18.7. The molecule has 10 heteroatoms. The van der Waals surface area contributed by atoms with Crippen LogP contribution in [-0.4, -0.2) is 42.9 Å². The maximum atomic E-state index is 13.3. The number of nitrogen functional groups attached to an aromatic ring is 1. The summed E-state index contributed by atoms with van der Waals surface area (Å²) in [7, 11) is 0. The molecule has 0 radical (unpaired) electrons. The Labute approximate surface area is 148 Å². The fraction of sp³-hybridized carbons (Fsp3) is 0.500. The largest absolute Gasteiger partial charge is 0.434 e. The Morgan fingerprint density at radius 1 is 1.35 bits per heavy atom. The Kier molecular flexibility index (Phi) is 5.10. The third-order valence-electron chi connectivity index (χ3n) is 4.47. The number of anilines is 1. The van der Waals surface area contributed by atoms with Crippen molar-refractivity contribution in [1.29, 1.82) is 0 Å².